The fourth-order valence-electron chi connectivity index (χ4n) is 1.28. The van der Waals surface area contributed by atoms with E-state index >= 15 is 0 Å². The van der Waals surface area contributed by atoms with Crippen molar-refractivity contribution in [3.8, 4) is 5.75 Å². The van der Waals surface area contributed by atoms with Gasteiger partial charge in [0.05, 0.1) is 6.61 Å². The minimum atomic E-state index is -0.915. The van der Waals surface area contributed by atoms with E-state index in [0.29, 0.717) is 24.3 Å². The molecule has 0 saturated carbocycles. The summed E-state index contributed by atoms with van der Waals surface area (Å²) in [5.74, 6) is 0.408. The number of benzene rings is 1. The molecule has 15 heavy (non-hydrogen) atoms. The molecule has 3 heteroatoms. The summed E-state index contributed by atoms with van der Waals surface area (Å²) in [6.07, 6.45) is -0.487. The molecular weight excluding hydrogens is 192 g/mol. The van der Waals surface area contributed by atoms with Gasteiger partial charge >= 0.3 is 0 Å². The van der Waals surface area contributed by atoms with Crippen LogP contribution in [0.4, 0.5) is 0 Å². The van der Waals surface area contributed by atoms with Gasteiger partial charge in [-0.2, -0.15) is 0 Å². The Morgan fingerprint density at radius 2 is 2.20 bits per heavy atom. The molecule has 1 rings (SSSR count). The van der Waals surface area contributed by atoms with E-state index < -0.39 is 6.10 Å². The van der Waals surface area contributed by atoms with Crippen molar-refractivity contribution in [1.82, 2.24) is 0 Å². The van der Waals surface area contributed by atoms with Gasteiger partial charge in [0.1, 0.15) is 11.9 Å². The van der Waals surface area contributed by atoms with Gasteiger partial charge in [0.25, 0.3) is 0 Å². The number of carbonyl (C=O) groups excluding carboxylic acids is 1. The van der Waals surface area contributed by atoms with Gasteiger partial charge in [-0.25, -0.2) is 0 Å². The lowest BCUT2D eigenvalue weighted by atomic mass is 10.0. The van der Waals surface area contributed by atoms with Crippen LogP contribution in [0.5, 0.6) is 5.75 Å². The third-order valence-corrected chi connectivity index (χ3v) is 2.12. The van der Waals surface area contributed by atoms with Crippen molar-refractivity contribution in [3.05, 3.63) is 29.8 Å². The van der Waals surface area contributed by atoms with E-state index in [1.54, 1.807) is 31.2 Å². The number of Topliss-reactive ketones (excluding diaryl/α,β-unsaturated/α-hetero) is 1. The predicted octanol–water partition coefficient (Wildman–Crippen LogP) is 2.04. The summed E-state index contributed by atoms with van der Waals surface area (Å²) >= 11 is 0. The molecule has 1 atom stereocenters. The highest BCUT2D eigenvalue weighted by Crippen LogP contribution is 2.15. The minimum absolute atomic E-state index is 0.251. The topological polar surface area (TPSA) is 46.5 Å². The molecule has 0 amide bonds. The molecule has 0 bridgehead atoms. The summed E-state index contributed by atoms with van der Waals surface area (Å²) in [5.41, 5.74) is 0.496. The quantitative estimate of drug-likeness (QED) is 0.753. The zero-order valence-corrected chi connectivity index (χ0v) is 9.06. The molecule has 0 spiro atoms. The second-order valence-corrected chi connectivity index (χ2v) is 3.25. The summed E-state index contributed by atoms with van der Waals surface area (Å²) < 4.78 is 5.28. The average molecular weight is 208 g/mol. The number of ether oxygens (including phenoxy) is 1. The summed E-state index contributed by atoms with van der Waals surface area (Å²) in [6, 6.07) is 6.88. The molecule has 0 aromatic heterocycles. The van der Waals surface area contributed by atoms with Gasteiger partial charge in [-0.1, -0.05) is 19.1 Å². The number of carbonyl (C=O) groups is 1. The van der Waals surface area contributed by atoms with Crippen LogP contribution >= 0.6 is 0 Å². The van der Waals surface area contributed by atoms with E-state index in [-0.39, 0.29) is 5.78 Å². The van der Waals surface area contributed by atoms with Gasteiger partial charge in [-0.3, -0.25) is 4.79 Å². The molecule has 0 fully saturated rings. The molecule has 1 aromatic rings. The van der Waals surface area contributed by atoms with Crippen molar-refractivity contribution >= 4 is 5.78 Å². The third-order valence-electron chi connectivity index (χ3n) is 2.12. The second-order valence-electron chi connectivity index (χ2n) is 3.25. The van der Waals surface area contributed by atoms with E-state index in [4.69, 9.17) is 4.74 Å². The number of hydrogen-bond donors (Lipinski definition) is 1. The van der Waals surface area contributed by atoms with Crippen LogP contribution in [0.15, 0.2) is 24.3 Å². The molecule has 1 unspecified atom stereocenters. The SMILES string of the molecule is CCOc1cccc(C(=O)C(O)CC)c1. The lowest BCUT2D eigenvalue weighted by molar-refractivity contribution is 0.0740. The molecular formula is C12H16O3. The lowest BCUT2D eigenvalue weighted by Crippen LogP contribution is -2.19. The molecule has 0 aliphatic heterocycles. The number of aliphatic hydroxyl groups is 1. The van der Waals surface area contributed by atoms with E-state index in [0.717, 1.165) is 0 Å². The smallest absolute Gasteiger partial charge is 0.191 e. The first-order chi connectivity index (χ1) is 7.19. The first kappa shape index (κ1) is 11.7. The van der Waals surface area contributed by atoms with E-state index in [1.807, 2.05) is 6.92 Å². The van der Waals surface area contributed by atoms with Crippen LogP contribution in [0.2, 0.25) is 0 Å². The summed E-state index contributed by atoms with van der Waals surface area (Å²) in [7, 11) is 0. The van der Waals surface area contributed by atoms with Gasteiger partial charge in [-0.05, 0) is 25.5 Å². The number of ketones is 1. The fraction of sp³-hybridized carbons (Fsp3) is 0.417. The monoisotopic (exact) mass is 208 g/mol. The summed E-state index contributed by atoms with van der Waals surface area (Å²) in [5, 5.41) is 9.41. The Morgan fingerprint density at radius 3 is 2.80 bits per heavy atom. The van der Waals surface area contributed by atoms with E-state index in [9.17, 15) is 9.90 Å². The lowest BCUT2D eigenvalue weighted by Gasteiger charge is -2.08. The normalized spacial score (nSPS) is 12.2. The van der Waals surface area contributed by atoms with Gasteiger partial charge in [-0.15, -0.1) is 0 Å². The van der Waals surface area contributed by atoms with Crippen molar-refractivity contribution in [2.75, 3.05) is 6.61 Å². The number of rotatable bonds is 5. The standard InChI is InChI=1S/C12H16O3/c1-3-11(13)12(14)9-6-5-7-10(8-9)15-4-2/h5-8,11,13H,3-4H2,1-2H3. The van der Waals surface area contributed by atoms with Crippen molar-refractivity contribution in [2.24, 2.45) is 0 Å². The fourth-order valence-corrected chi connectivity index (χ4v) is 1.28. The Bertz CT molecular complexity index is 333. The minimum Gasteiger partial charge on any atom is -0.494 e. The third kappa shape index (κ3) is 3.06. The zero-order chi connectivity index (χ0) is 11.3. The van der Waals surface area contributed by atoms with Crippen LogP contribution in [0.1, 0.15) is 30.6 Å². The maximum absolute atomic E-state index is 11.6. The molecule has 0 heterocycles. The largest absolute Gasteiger partial charge is 0.494 e. The van der Waals surface area contributed by atoms with Gasteiger partial charge in [0.2, 0.25) is 0 Å². The Kier molecular flexibility index (Phi) is 4.31. The molecule has 0 aliphatic carbocycles. The van der Waals surface area contributed by atoms with Crippen LogP contribution in [-0.2, 0) is 0 Å². The summed E-state index contributed by atoms with van der Waals surface area (Å²) in [4.78, 5) is 11.6. The highest BCUT2D eigenvalue weighted by atomic mass is 16.5. The maximum Gasteiger partial charge on any atom is 0.191 e. The average Bonchev–Trinajstić information content (AvgIpc) is 2.28. The van der Waals surface area contributed by atoms with Crippen molar-refractivity contribution in [2.45, 2.75) is 26.4 Å². The Morgan fingerprint density at radius 1 is 1.47 bits per heavy atom. The van der Waals surface area contributed by atoms with Crippen molar-refractivity contribution in [3.63, 3.8) is 0 Å². The van der Waals surface area contributed by atoms with Gasteiger partial charge in [0.15, 0.2) is 5.78 Å². The highest BCUT2D eigenvalue weighted by molar-refractivity contribution is 5.99. The molecule has 1 N–H and O–H groups in total. The molecule has 0 saturated heterocycles. The van der Waals surface area contributed by atoms with Crippen LogP contribution in [0, 0.1) is 0 Å². The van der Waals surface area contributed by atoms with E-state index in [2.05, 4.69) is 0 Å². The van der Waals surface area contributed by atoms with Crippen molar-refractivity contribution in [1.29, 1.82) is 0 Å². The molecule has 1 aromatic carbocycles. The van der Waals surface area contributed by atoms with E-state index in [1.165, 1.54) is 0 Å². The zero-order valence-electron chi connectivity index (χ0n) is 9.06. The van der Waals surface area contributed by atoms with Crippen LogP contribution in [-0.4, -0.2) is 23.6 Å². The highest BCUT2D eigenvalue weighted by Gasteiger charge is 2.15. The molecule has 0 aliphatic rings. The maximum atomic E-state index is 11.6. The number of hydrogen-bond acceptors (Lipinski definition) is 3. The number of aliphatic hydroxyl groups excluding tert-OH is 1. The molecule has 82 valence electrons. The molecule has 0 radical (unpaired) electrons. The Balaban J connectivity index is 2.85. The Hall–Kier alpha value is -1.35. The second kappa shape index (κ2) is 5.51. The van der Waals surface area contributed by atoms with Crippen molar-refractivity contribution < 1.29 is 14.6 Å². The molecule has 3 nitrogen and oxygen atoms in total. The summed E-state index contributed by atoms with van der Waals surface area (Å²) in [6.45, 7) is 4.22. The van der Waals surface area contributed by atoms with Gasteiger partial charge < -0.3 is 9.84 Å². The Labute approximate surface area is 89.7 Å². The van der Waals surface area contributed by atoms with Crippen LogP contribution in [0.25, 0.3) is 0 Å². The van der Waals surface area contributed by atoms with Crippen LogP contribution < -0.4 is 4.74 Å². The predicted molar refractivity (Wildman–Crippen MR) is 58.2 cm³/mol. The first-order valence-electron chi connectivity index (χ1n) is 5.14. The first-order valence-corrected chi connectivity index (χ1v) is 5.14. The van der Waals surface area contributed by atoms with Gasteiger partial charge in [0, 0.05) is 5.56 Å². The van der Waals surface area contributed by atoms with Crippen LogP contribution in [0.3, 0.4) is 0 Å².